The molecule has 1 N–H and O–H groups in total. The van der Waals surface area contributed by atoms with Crippen molar-refractivity contribution in [3.8, 4) is 11.1 Å². The molecular formula is C25H26N6. The Hall–Kier alpha value is -3.41. The number of imidazole rings is 1. The zero-order valence-electron chi connectivity index (χ0n) is 17.8. The second-order valence-electron chi connectivity index (χ2n) is 8.67. The Kier molecular flexibility index (Phi) is 4.37. The first-order valence-corrected chi connectivity index (χ1v) is 11.1. The minimum Gasteiger partial charge on any atom is -0.356 e. The van der Waals surface area contributed by atoms with Gasteiger partial charge in [-0.1, -0.05) is 24.3 Å². The number of H-pyrrole nitrogens is 1. The van der Waals surface area contributed by atoms with Gasteiger partial charge in [0.25, 0.3) is 0 Å². The Morgan fingerprint density at radius 3 is 2.84 bits per heavy atom. The summed E-state index contributed by atoms with van der Waals surface area (Å²) in [6.07, 6.45) is 14.7. The lowest BCUT2D eigenvalue weighted by molar-refractivity contribution is 0.495. The number of hydrogen-bond acceptors (Lipinski definition) is 4. The second kappa shape index (κ2) is 7.38. The molecule has 6 heteroatoms. The van der Waals surface area contributed by atoms with E-state index in [9.17, 15) is 0 Å². The van der Waals surface area contributed by atoms with E-state index in [-0.39, 0.29) is 0 Å². The summed E-state index contributed by atoms with van der Waals surface area (Å²) < 4.78 is 1.96. The van der Waals surface area contributed by atoms with Crippen molar-refractivity contribution in [2.75, 3.05) is 18.0 Å². The number of piperidine rings is 1. The first kappa shape index (κ1) is 18.4. The normalized spacial score (nSPS) is 16.7. The second-order valence-corrected chi connectivity index (χ2v) is 8.67. The molecule has 4 heterocycles. The average molecular weight is 411 g/mol. The zero-order chi connectivity index (χ0) is 20.8. The van der Waals surface area contributed by atoms with Gasteiger partial charge < -0.3 is 9.88 Å². The Morgan fingerprint density at radius 2 is 2.00 bits per heavy atom. The number of allylic oxidation sites excluding steroid dienone is 1. The molecule has 1 saturated heterocycles. The molecule has 6 rings (SSSR count). The number of fused-ring (bicyclic) bond motifs is 2. The van der Waals surface area contributed by atoms with Gasteiger partial charge in [0.2, 0.25) is 0 Å². The van der Waals surface area contributed by atoms with E-state index in [1.807, 2.05) is 16.9 Å². The van der Waals surface area contributed by atoms with E-state index in [2.05, 4.69) is 63.3 Å². The average Bonchev–Trinajstić information content (AvgIpc) is 3.49. The molecule has 31 heavy (non-hydrogen) atoms. The molecule has 0 atom stereocenters. The molecule has 0 saturated carbocycles. The molecule has 0 radical (unpaired) electrons. The highest BCUT2D eigenvalue weighted by molar-refractivity contribution is 5.80. The molecule has 156 valence electrons. The first-order chi connectivity index (χ1) is 15.3. The summed E-state index contributed by atoms with van der Waals surface area (Å²) in [4.78, 5) is 15.0. The molecule has 1 fully saturated rings. The number of aromatic nitrogens is 5. The van der Waals surface area contributed by atoms with Crippen molar-refractivity contribution in [1.82, 2.24) is 24.6 Å². The van der Waals surface area contributed by atoms with Gasteiger partial charge >= 0.3 is 0 Å². The molecule has 2 aliphatic rings. The van der Waals surface area contributed by atoms with E-state index >= 15 is 0 Å². The predicted octanol–water partition coefficient (Wildman–Crippen LogP) is 4.77. The largest absolute Gasteiger partial charge is 0.356 e. The van der Waals surface area contributed by atoms with Crippen LogP contribution in [-0.4, -0.2) is 37.7 Å². The van der Waals surface area contributed by atoms with Crippen molar-refractivity contribution in [2.45, 2.75) is 38.5 Å². The number of nitrogens with one attached hydrogen (secondary N) is 1. The van der Waals surface area contributed by atoms with E-state index in [0.717, 1.165) is 61.5 Å². The van der Waals surface area contributed by atoms with Crippen molar-refractivity contribution in [3.63, 3.8) is 0 Å². The zero-order valence-corrected chi connectivity index (χ0v) is 17.8. The van der Waals surface area contributed by atoms with E-state index in [0.29, 0.717) is 5.92 Å². The number of anilines is 1. The number of aromatic amines is 1. The fraction of sp³-hybridized carbons (Fsp3) is 0.320. The molecule has 0 unspecified atom stereocenters. The van der Waals surface area contributed by atoms with Crippen molar-refractivity contribution >= 4 is 17.5 Å². The molecule has 1 aliphatic heterocycles. The molecule has 4 aromatic rings. The lowest BCUT2D eigenvalue weighted by atomic mass is 9.94. The minimum atomic E-state index is 0.553. The summed E-state index contributed by atoms with van der Waals surface area (Å²) in [7, 11) is 0. The monoisotopic (exact) mass is 410 g/mol. The Bertz CT molecular complexity index is 1260. The van der Waals surface area contributed by atoms with Gasteiger partial charge in [0.1, 0.15) is 5.82 Å². The van der Waals surface area contributed by atoms with Crippen LogP contribution in [0, 0.1) is 6.92 Å². The van der Waals surface area contributed by atoms with Crippen LogP contribution in [0.15, 0.2) is 49.1 Å². The van der Waals surface area contributed by atoms with Crippen molar-refractivity contribution in [2.24, 2.45) is 0 Å². The molecule has 0 amide bonds. The smallest absolute Gasteiger partial charge is 0.165 e. The number of benzene rings is 1. The standard InChI is InChI=1S/C25H26N6/c1-17-12-24(30-10-8-19(9-11-30)23-15-26-16-27-23)29-25-22(14-28-31(17)25)21-7-6-18-4-2-3-5-20(18)13-21/h3,5-7,12-16,19H,2,4,8-11H2,1H3,(H,26,27). The lowest BCUT2D eigenvalue weighted by Gasteiger charge is -2.32. The molecular weight excluding hydrogens is 384 g/mol. The first-order valence-electron chi connectivity index (χ1n) is 11.1. The van der Waals surface area contributed by atoms with E-state index < -0.39 is 0 Å². The highest BCUT2D eigenvalue weighted by atomic mass is 15.3. The molecule has 0 spiro atoms. The summed E-state index contributed by atoms with van der Waals surface area (Å²) in [5, 5.41) is 4.65. The van der Waals surface area contributed by atoms with E-state index in [1.54, 1.807) is 6.33 Å². The maximum Gasteiger partial charge on any atom is 0.165 e. The van der Waals surface area contributed by atoms with Gasteiger partial charge in [-0.25, -0.2) is 14.5 Å². The summed E-state index contributed by atoms with van der Waals surface area (Å²) in [5.74, 6) is 1.60. The van der Waals surface area contributed by atoms with Crippen LogP contribution in [-0.2, 0) is 6.42 Å². The fourth-order valence-electron chi connectivity index (χ4n) is 4.97. The van der Waals surface area contributed by atoms with Crippen LogP contribution in [0.1, 0.15) is 47.7 Å². The van der Waals surface area contributed by atoms with Crippen molar-refractivity contribution in [1.29, 1.82) is 0 Å². The third-order valence-electron chi connectivity index (χ3n) is 6.75. The Labute approximate surface area is 181 Å². The Balaban J connectivity index is 1.33. The van der Waals surface area contributed by atoms with E-state index in [4.69, 9.17) is 4.98 Å². The lowest BCUT2D eigenvalue weighted by Crippen LogP contribution is -2.33. The number of aryl methyl sites for hydroxylation is 2. The van der Waals surface area contributed by atoms with Crippen LogP contribution < -0.4 is 4.90 Å². The summed E-state index contributed by atoms with van der Waals surface area (Å²) in [6.45, 7) is 4.11. The summed E-state index contributed by atoms with van der Waals surface area (Å²) >= 11 is 0. The van der Waals surface area contributed by atoms with Crippen LogP contribution in [0.3, 0.4) is 0 Å². The molecule has 3 aromatic heterocycles. The fourth-order valence-corrected chi connectivity index (χ4v) is 4.97. The topological polar surface area (TPSA) is 62.1 Å². The number of rotatable bonds is 3. The van der Waals surface area contributed by atoms with Gasteiger partial charge in [0.15, 0.2) is 5.65 Å². The van der Waals surface area contributed by atoms with Gasteiger partial charge in [-0.3, -0.25) is 0 Å². The van der Waals surface area contributed by atoms with Gasteiger partial charge in [-0.05, 0) is 55.4 Å². The van der Waals surface area contributed by atoms with Gasteiger partial charge in [-0.2, -0.15) is 5.10 Å². The van der Waals surface area contributed by atoms with Gasteiger partial charge in [-0.15, -0.1) is 0 Å². The maximum atomic E-state index is 5.08. The number of nitrogens with zero attached hydrogens (tertiary/aromatic N) is 5. The summed E-state index contributed by atoms with van der Waals surface area (Å²) in [6, 6.07) is 8.92. The van der Waals surface area contributed by atoms with Crippen LogP contribution in [0.25, 0.3) is 22.9 Å². The quantitative estimate of drug-likeness (QED) is 0.528. The van der Waals surface area contributed by atoms with Gasteiger partial charge in [0.05, 0.1) is 12.5 Å². The molecule has 0 bridgehead atoms. The number of hydrogen-bond donors (Lipinski definition) is 1. The molecule has 6 nitrogen and oxygen atoms in total. The van der Waals surface area contributed by atoms with E-state index in [1.165, 1.54) is 22.4 Å². The van der Waals surface area contributed by atoms with Crippen LogP contribution in [0.4, 0.5) is 5.82 Å². The minimum absolute atomic E-state index is 0.553. The Morgan fingerprint density at radius 1 is 1.10 bits per heavy atom. The van der Waals surface area contributed by atoms with Crippen LogP contribution in [0.2, 0.25) is 0 Å². The predicted molar refractivity (Wildman–Crippen MR) is 123 cm³/mol. The maximum absolute atomic E-state index is 5.08. The SMILES string of the molecule is Cc1cc(N2CCC(c3cnc[nH]3)CC2)nc2c(-c3ccc4c(c3)C=CCC4)cnn12. The summed E-state index contributed by atoms with van der Waals surface area (Å²) in [5.41, 5.74) is 8.31. The third-order valence-corrected chi connectivity index (χ3v) is 6.75. The third kappa shape index (κ3) is 3.23. The highest BCUT2D eigenvalue weighted by Crippen LogP contribution is 2.32. The van der Waals surface area contributed by atoms with Gasteiger partial charge in [0, 0.05) is 48.2 Å². The molecule has 1 aliphatic carbocycles. The van der Waals surface area contributed by atoms with Crippen LogP contribution in [0.5, 0.6) is 0 Å². The van der Waals surface area contributed by atoms with Crippen molar-refractivity contribution in [3.05, 3.63) is 71.6 Å². The van der Waals surface area contributed by atoms with Crippen molar-refractivity contribution < 1.29 is 0 Å². The highest BCUT2D eigenvalue weighted by Gasteiger charge is 2.23. The van der Waals surface area contributed by atoms with Crippen LogP contribution >= 0.6 is 0 Å². The molecule has 1 aromatic carbocycles.